The summed E-state index contributed by atoms with van der Waals surface area (Å²) in [5.41, 5.74) is -0.704. The van der Waals surface area contributed by atoms with E-state index in [4.69, 9.17) is 11.6 Å². The van der Waals surface area contributed by atoms with Crippen LogP contribution in [-0.2, 0) is 6.18 Å². The molecule has 72 valence electrons. The Morgan fingerprint density at radius 3 is 2.31 bits per heavy atom. The van der Waals surface area contributed by atoms with Crippen LogP contribution in [0.5, 0.6) is 0 Å². The van der Waals surface area contributed by atoms with E-state index in [2.05, 4.69) is 0 Å². The molecule has 0 aromatic heterocycles. The Morgan fingerprint density at radius 1 is 1.23 bits per heavy atom. The minimum Gasteiger partial charge on any atom is -0.166 e. The van der Waals surface area contributed by atoms with Crippen LogP contribution in [0.15, 0.2) is 23.1 Å². The number of hydrogen-bond donors (Lipinski definition) is 0. The smallest absolute Gasteiger partial charge is 0.166 e. The molecule has 1 aromatic carbocycles. The summed E-state index contributed by atoms with van der Waals surface area (Å²) in [7, 11) is 0. The zero-order chi connectivity index (χ0) is 10.1. The van der Waals surface area contributed by atoms with Gasteiger partial charge in [-0.1, -0.05) is 11.6 Å². The summed E-state index contributed by atoms with van der Waals surface area (Å²) in [6.07, 6.45) is -2.62. The molecule has 5 heteroatoms. The van der Waals surface area contributed by atoms with E-state index in [9.17, 15) is 13.2 Å². The molecule has 0 unspecified atom stereocenters. The first-order chi connectivity index (χ1) is 5.93. The molecule has 0 aliphatic rings. The second-order valence-electron chi connectivity index (χ2n) is 2.38. The topological polar surface area (TPSA) is 0 Å². The third-order valence-electron chi connectivity index (χ3n) is 1.43. The highest BCUT2D eigenvalue weighted by Crippen LogP contribution is 2.33. The van der Waals surface area contributed by atoms with Crippen LogP contribution in [0.25, 0.3) is 0 Å². The molecule has 0 heterocycles. The molecule has 1 rings (SSSR count). The summed E-state index contributed by atoms with van der Waals surface area (Å²) in [6, 6.07) is 3.50. The van der Waals surface area contributed by atoms with Crippen molar-refractivity contribution in [2.24, 2.45) is 0 Å². The van der Waals surface area contributed by atoms with Crippen molar-refractivity contribution < 1.29 is 13.2 Å². The van der Waals surface area contributed by atoms with Crippen molar-refractivity contribution in [1.82, 2.24) is 0 Å². The Hall–Kier alpha value is -0.350. The fourth-order valence-electron chi connectivity index (χ4n) is 0.844. The van der Waals surface area contributed by atoms with Crippen molar-refractivity contribution in [2.45, 2.75) is 11.1 Å². The first-order valence-electron chi connectivity index (χ1n) is 3.35. The van der Waals surface area contributed by atoms with Gasteiger partial charge in [-0.25, -0.2) is 0 Å². The van der Waals surface area contributed by atoms with E-state index < -0.39 is 11.7 Å². The standard InChI is InChI=1S/C8H6ClF3S/c1-13-7-3-5(8(10,11)12)2-6(9)4-7/h2-4H,1H3. The van der Waals surface area contributed by atoms with E-state index in [-0.39, 0.29) is 5.02 Å². The third kappa shape index (κ3) is 2.81. The Kier molecular flexibility index (Phi) is 3.14. The molecule has 0 nitrogen and oxygen atoms in total. The van der Waals surface area contributed by atoms with E-state index in [1.54, 1.807) is 6.26 Å². The van der Waals surface area contributed by atoms with Gasteiger partial charge in [0.2, 0.25) is 0 Å². The Bertz CT molecular complexity index is 309. The van der Waals surface area contributed by atoms with E-state index in [0.717, 1.165) is 12.1 Å². The number of benzene rings is 1. The predicted molar refractivity (Wildman–Crippen MR) is 48.2 cm³/mol. The van der Waals surface area contributed by atoms with Gasteiger partial charge in [-0.2, -0.15) is 13.2 Å². The highest BCUT2D eigenvalue weighted by atomic mass is 35.5. The van der Waals surface area contributed by atoms with Gasteiger partial charge in [0, 0.05) is 9.92 Å². The van der Waals surface area contributed by atoms with Crippen molar-refractivity contribution in [3.8, 4) is 0 Å². The summed E-state index contributed by atoms with van der Waals surface area (Å²) >= 11 is 6.75. The van der Waals surface area contributed by atoms with Crippen molar-refractivity contribution in [2.75, 3.05) is 6.26 Å². The highest BCUT2D eigenvalue weighted by molar-refractivity contribution is 7.98. The zero-order valence-corrected chi connectivity index (χ0v) is 8.22. The molecule has 0 aliphatic carbocycles. The van der Waals surface area contributed by atoms with Crippen molar-refractivity contribution >= 4 is 23.4 Å². The first kappa shape index (κ1) is 10.7. The van der Waals surface area contributed by atoms with Crippen molar-refractivity contribution in [1.29, 1.82) is 0 Å². The van der Waals surface area contributed by atoms with Crippen molar-refractivity contribution in [3.05, 3.63) is 28.8 Å². The number of rotatable bonds is 1. The molecule has 0 saturated heterocycles. The number of halogens is 4. The van der Waals surface area contributed by atoms with Gasteiger partial charge in [0.25, 0.3) is 0 Å². The van der Waals surface area contributed by atoms with Gasteiger partial charge in [-0.15, -0.1) is 11.8 Å². The summed E-state index contributed by atoms with van der Waals surface area (Å²) in [6.45, 7) is 0. The molecule has 0 fully saturated rings. The number of alkyl halides is 3. The number of thioether (sulfide) groups is 1. The zero-order valence-electron chi connectivity index (χ0n) is 6.65. The summed E-state index contributed by atoms with van der Waals surface area (Å²) in [5.74, 6) is 0. The van der Waals surface area contributed by atoms with Crippen molar-refractivity contribution in [3.63, 3.8) is 0 Å². The maximum Gasteiger partial charge on any atom is 0.416 e. The van der Waals surface area contributed by atoms with Gasteiger partial charge >= 0.3 is 6.18 Å². The van der Waals surface area contributed by atoms with Crippen LogP contribution in [0.2, 0.25) is 5.02 Å². The van der Waals surface area contributed by atoms with E-state index in [1.165, 1.54) is 17.8 Å². The fourth-order valence-corrected chi connectivity index (χ4v) is 1.63. The van der Waals surface area contributed by atoms with Gasteiger partial charge in [-0.3, -0.25) is 0 Å². The van der Waals surface area contributed by atoms with Crippen LogP contribution in [0, 0.1) is 0 Å². The van der Waals surface area contributed by atoms with Gasteiger partial charge in [0.15, 0.2) is 0 Å². The fraction of sp³-hybridized carbons (Fsp3) is 0.250. The van der Waals surface area contributed by atoms with E-state index in [0.29, 0.717) is 4.90 Å². The lowest BCUT2D eigenvalue weighted by atomic mass is 10.2. The molecule has 0 N–H and O–H groups in total. The maximum atomic E-state index is 12.2. The van der Waals surface area contributed by atoms with E-state index in [1.807, 2.05) is 0 Å². The van der Waals surface area contributed by atoms with Gasteiger partial charge < -0.3 is 0 Å². The highest BCUT2D eigenvalue weighted by Gasteiger charge is 2.30. The largest absolute Gasteiger partial charge is 0.416 e. The lowest BCUT2D eigenvalue weighted by Crippen LogP contribution is -2.04. The van der Waals surface area contributed by atoms with Crippen LogP contribution in [0.1, 0.15) is 5.56 Å². The summed E-state index contributed by atoms with van der Waals surface area (Å²) < 4.78 is 36.6. The molecule has 1 aromatic rings. The minimum atomic E-state index is -4.32. The SMILES string of the molecule is CSc1cc(Cl)cc(C(F)(F)F)c1. The third-order valence-corrected chi connectivity index (χ3v) is 2.36. The first-order valence-corrected chi connectivity index (χ1v) is 4.95. The lowest BCUT2D eigenvalue weighted by molar-refractivity contribution is -0.137. The van der Waals surface area contributed by atoms with Gasteiger partial charge in [0.1, 0.15) is 0 Å². The van der Waals surface area contributed by atoms with Crippen LogP contribution in [0.4, 0.5) is 13.2 Å². The summed E-state index contributed by atoms with van der Waals surface area (Å²) in [5, 5.41) is 0.110. The molecule has 0 amide bonds. The van der Waals surface area contributed by atoms with E-state index >= 15 is 0 Å². The van der Waals surface area contributed by atoms with Gasteiger partial charge in [-0.05, 0) is 24.5 Å². The number of hydrogen-bond acceptors (Lipinski definition) is 1. The van der Waals surface area contributed by atoms with Crippen LogP contribution in [0.3, 0.4) is 0 Å². The van der Waals surface area contributed by atoms with Crippen LogP contribution in [-0.4, -0.2) is 6.26 Å². The normalized spacial score (nSPS) is 11.8. The quantitative estimate of drug-likeness (QED) is 0.651. The molecular weight excluding hydrogens is 221 g/mol. The Labute approximate surface area is 83.1 Å². The second kappa shape index (κ2) is 3.80. The Morgan fingerprint density at radius 2 is 1.85 bits per heavy atom. The molecule has 0 atom stereocenters. The molecule has 0 bridgehead atoms. The van der Waals surface area contributed by atoms with Crippen LogP contribution < -0.4 is 0 Å². The molecule has 0 aliphatic heterocycles. The molecule has 0 radical (unpaired) electrons. The second-order valence-corrected chi connectivity index (χ2v) is 3.69. The molecule has 0 saturated carbocycles. The maximum absolute atomic E-state index is 12.2. The lowest BCUT2D eigenvalue weighted by Gasteiger charge is -2.08. The molecule has 0 spiro atoms. The monoisotopic (exact) mass is 226 g/mol. The predicted octanol–water partition coefficient (Wildman–Crippen LogP) is 4.08. The molecular formula is C8H6ClF3S. The van der Waals surface area contributed by atoms with Gasteiger partial charge in [0.05, 0.1) is 5.56 Å². The average molecular weight is 227 g/mol. The average Bonchev–Trinajstić information content (AvgIpc) is 2.01. The molecule has 13 heavy (non-hydrogen) atoms. The van der Waals surface area contributed by atoms with Crippen LogP contribution >= 0.6 is 23.4 Å². The summed E-state index contributed by atoms with van der Waals surface area (Å²) in [4.78, 5) is 0.514. The Balaban J connectivity index is 3.16. The minimum absolute atomic E-state index is 0.110.